The Morgan fingerprint density at radius 1 is 1.30 bits per heavy atom. The molecule has 0 aliphatic heterocycles. The number of hydrogen-bond donors (Lipinski definition) is 1. The largest absolute Gasteiger partial charge is 0.352 e. The van der Waals surface area contributed by atoms with Gasteiger partial charge in [-0.3, -0.25) is 9.78 Å². The molecule has 1 aromatic heterocycles. The molecule has 1 aromatic carbocycles. The highest BCUT2D eigenvalue weighted by atomic mass is 35.5. The van der Waals surface area contributed by atoms with Crippen LogP contribution >= 0.6 is 11.6 Å². The lowest BCUT2D eigenvalue weighted by atomic mass is 9.87. The van der Waals surface area contributed by atoms with Gasteiger partial charge in [0.15, 0.2) is 0 Å². The first-order valence-electron chi connectivity index (χ1n) is 7.65. The van der Waals surface area contributed by atoms with E-state index >= 15 is 0 Å². The summed E-state index contributed by atoms with van der Waals surface area (Å²) in [6.07, 6.45) is 2.30. The van der Waals surface area contributed by atoms with Crippen molar-refractivity contribution in [3.8, 4) is 0 Å². The van der Waals surface area contributed by atoms with Crippen LogP contribution in [-0.4, -0.2) is 23.4 Å². The highest BCUT2D eigenvalue weighted by Gasteiger charge is 2.34. The van der Waals surface area contributed by atoms with Gasteiger partial charge in [0, 0.05) is 31.0 Å². The van der Waals surface area contributed by atoms with E-state index in [1.807, 2.05) is 0 Å². The van der Waals surface area contributed by atoms with Gasteiger partial charge < -0.3 is 5.32 Å². The fraction of sp³-hybridized carbons (Fsp3) is 0.412. The Bertz CT molecular complexity index is 726. The van der Waals surface area contributed by atoms with E-state index in [0.717, 1.165) is 0 Å². The zero-order chi connectivity index (χ0) is 16.4. The number of nitrogens with one attached hydrogen (secondary N) is 1. The summed E-state index contributed by atoms with van der Waals surface area (Å²) in [6, 6.07) is 6.95. The van der Waals surface area contributed by atoms with Gasteiger partial charge in [0.1, 0.15) is 0 Å². The number of alkyl halides is 2. The zero-order valence-electron chi connectivity index (χ0n) is 12.5. The number of amides is 1. The molecule has 0 spiro atoms. The van der Waals surface area contributed by atoms with Gasteiger partial charge in [0.2, 0.25) is 5.92 Å². The number of rotatable bonds is 3. The lowest BCUT2D eigenvalue weighted by molar-refractivity contribution is -0.0452. The van der Waals surface area contributed by atoms with Crippen molar-refractivity contribution in [2.45, 2.75) is 31.6 Å². The van der Waals surface area contributed by atoms with E-state index in [9.17, 15) is 13.6 Å². The molecule has 0 unspecified atom stereocenters. The Kier molecular flexibility index (Phi) is 4.48. The van der Waals surface area contributed by atoms with Gasteiger partial charge in [-0.1, -0.05) is 17.7 Å². The second-order valence-electron chi connectivity index (χ2n) is 6.00. The van der Waals surface area contributed by atoms with E-state index < -0.39 is 5.92 Å². The second-order valence-corrected chi connectivity index (χ2v) is 6.41. The average Bonchev–Trinajstić information content (AvgIpc) is 2.53. The van der Waals surface area contributed by atoms with Gasteiger partial charge in [0.05, 0.1) is 16.1 Å². The summed E-state index contributed by atoms with van der Waals surface area (Å²) < 4.78 is 26.3. The first-order valence-corrected chi connectivity index (χ1v) is 8.03. The lowest BCUT2D eigenvalue weighted by Crippen LogP contribution is -2.34. The van der Waals surface area contributed by atoms with Gasteiger partial charge in [-0.15, -0.1) is 0 Å². The van der Waals surface area contributed by atoms with E-state index in [2.05, 4.69) is 10.3 Å². The van der Waals surface area contributed by atoms with Crippen molar-refractivity contribution < 1.29 is 13.6 Å². The molecule has 1 aliphatic carbocycles. The molecular weight excluding hydrogens is 322 g/mol. The molecular formula is C17H17ClF2N2O. The van der Waals surface area contributed by atoms with E-state index in [4.69, 9.17) is 11.6 Å². The number of carbonyl (C=O) groups is 1. The number of benzene rings is 1. The number of aromatic nitrogens is 1. The van der Waals surface area contributed by atoms with Crippen molar-refractivity contribution in [2.75, 3.05) is 6.54 Å². The van der Waals surface area contributed by atoms with Crippen LogP contribution < -0.4 is 5.32 Å². The Labute approximate surface area is 138 Å². The standard InChI is InChI=1S/C17H17ClF2N2O/c18-13-3-4-14-12(2-1-9-21-14)15(13)16(23)22-10-11-5-7-17(19,20)8-6-11/h1-4,9,11H,5-8,10H2,(H,22,23). The molecule has 122 valence electrons. The molecule has 1 aliphatic rings. The molecule has 23 heavy (non-hydrogen) atoms. The molecule has 6 heteroatoms. The van der Waals surface area contributed by atoms with Crippen LogP contribution in [0, 0.1) is 5.92 Å². The highest BCUT2D eigenvalue weighted by Crippen LogP contribution is 2.35. The summed E-state index contributed by atoms with van der Waals surface area (Å²) in [5, 5.41) is 3.88. The Morgan fingerprint density at radius 3 is 2.78 bits per heavy atom. The monoisotopic (exact) mass is 338 g/mol. The predicted octanol–water partition coefficient (Wildman–Crippen LogP) is 4.44. The number of carbonyl (C=O) groups excluding carboxylic acids is 1. The molecule has 1 heterocycles. The summed E-state index contributed by atoms with van der Waals surface area (Å²) >= 11 is 6.17. The summed E-state index contributed by atoms with van der Waals surface area (Å²) in [6.45, 7) is 0.391. The summed E-state index contributed by atoms with van der Waals surface area (Å²) in [5.41, 5.74) is 1.08. The summed E-state index contributed by atoms with van der Waals surface area (Å²) in [4.78, 5) is 16.7. The van der Waals surface area contributed by atoms with E-state index in [0.29, 0.717) is 40.9 Å². The quantitative estimate of drug-likeness (QED) is 0.898. The molecule has 0 radical (unpaired) electrons. The second kappa shape index (κ2) is 6.40. The van der Waals surface area contributed by atoms with Crippen LogP contribution in [0.2, 0.25) is 5.02 Å². The Morgan fingerprint density at radius 2 is 2.04 bits per heavy atom. The van der Waals surface area contributed by atoms with E-state index in [-0.39, 0.29) is 24.7 Å². The highest BCUT2D eigenvalue weighted by molar-refractivity contribution is 6.35. The van der Waals surface area contributed by atoms with Crippen molar-refractivity contribution in [1.29, 1.82) is 0 Å². The number of halogens is 3. The van der Waals surface area contributed by atoms with Gasteiger partial charge >= 0.3 is 0 Å². The molecule has 0 saturated heterocycles. The topological polar surface area (TPSA) is 42.0 Å². The minimum absolute atomic E-state index is 0.0884. The van der Waals surface area contributed by atoms with E-state index in [1.54, 1.807) is 30.5 Å². The average molecular weight is 339 g/mol. The lowest BCUT2D eigenvalue weighted by Gasteiger charge is -2.28. The van der Waals surface area contributed by atoms with Crippen LogP contribution in [0.15, 0.2) is 30.5 Å². The Balaban J connectivity index is 1.71. The zero-order valence-corrected chi connectivity index (χ0v) is 13.2. The van der Waals surface area contributed by atoms with Crippen LogP contribution in [0.4, 0.5) is 8.78 Å². The minimum atomic E-state index is -2.55. The first kappa shape index (κ1) is 16.1. The number of fused-ring (bicyclic) bond motifs is 1. The Hall–Kier alpha value is -1.75. The number of pyridine rings is 1. The molecule has 1 fully saturated rings. The molecule has 3 rings (SSSR count). The van der Waals surface area contributed by atoms with Crippen LogP contribution in [0.5, 0.6) is 0 Å². The number of hydrogen-bond acceptors (Lipinski definition) is 2. The molecule has 0 bridgehead atoms. The molecule has 3 nitrogen and oxygen atoms in total. The smallest absolute Gasteiger partial charge is 0.253 e. The maximum absolute atomic E-state index is 13.2. The molecule has 1 amide bonds. The molecule has 2 aromatic rings. The predicted molar refractivity (Wildman–Crippen MR) is 86.0 cm³/mol. The van der Waals surface area contributed by atoms with Crippen molar-refractivity contribution in [3.63, 3.8) is 0 Å². The van der Waals surface area contributed by atoms with Crippen LogP contribution in [0.1, 0.15) is 36.0 Å². The van der Waals surface area contributed by atoms with Gasteiger partial charge in [-0.25, -0.2) is 8.78 Å². The van der Waals surface area contributed by atoms with Crippen LogP contribution in [-0.2, 0) is 0 Å². The third kappa shape index (κ3) is 3.61. The normalized spacial score (nSPS) is 18.0. The van der Waals surface area contributed by atoms with Gasteiger partial charge in [-0.2, -0.15) is 0 Å². The van der Waals surface area contributed by atoms with E-state index in [1.165, 1.54) is 0 Å². The molecule has 1 N–H and O–H groups in total. The van der Waals surface area contributed by atoms with Crippen molar-refractivity contribution in [2.24, 2.45) is 5.92 Å². The third-order valence-electron chi connectivity index (χ3n) is 4.35. The fourth-order valence-corrected chi connectivity index (χ4v) is 3.24. The fourth-order valence-electron chi connectivity index (χ4n) is 2.99. The van der Waals surface area contributed by atoms with Crippen LogP contribution in [0.3, 0.4) is 0 Å². The first-order chi connectivity index (χ1) is 11.0. The van der Waals surface area contributed by atoms with Crippen molar-refractivity contribution >= 4 is 28.4 Å². The number of nitrogens with zero attached hydrogens (tertiary/aromatic N) is 1. The van der Waals surface area contributed by atoms with Crippen molar-refractivity contribution in [3.05, 3.63) is 41.0 Å². The molecule has 0 atom stereocenters. The third-order valence-corrected chi connectivity index (χ3v) is 4.66. The molecule has 1 saturated carbocycles. The van der Waals surface area contributed by atoms with Crippen LogP contribution in [0.25, 0.3) is 10.9 Å². The SMILES string of the molecule is O=C(NCC1CCC(F)(F)CC1)c1c(Cl)ccc2ncccc12. The minimum Gasteiger partial charge on any atom is -0.352 e. The maximum Gasteiger partial charge on any atom is 0.253 e. The van der Waals surface area contributed by atoms with Gasteiger partial charge in [-0.05, 0) is 37.0 Å². The van der Waals surface area contributed by atoms with Gasteiger partial charge in [0.25, 0.3) is 5.91 Å². The van der Waals surface area contributed by atoms with Crippen molar-refractivity contribution in [1.82, 2.24) is 10.3 Å². The maximum atomic E-state index is 13.2. The summed E-state index contributed by atoms with van der Waals surface area (Å²) in [7, 11) is 0. The summed E-state index contributed by atoms with van der Waals surface area (Å²) in [5.74, 6) is -2.75.